The molecule has 0 spiro atoms. The summed E-state index contributed by atoms with van der Waals surface area (Å²) < 4.78 is 8.67. The summed E-state index contributed by atoms with van der Waals surface area (Å²) in [5.41, 5.74) is 0. The Bertz CT molecular complexity index is 163. The molecule has 0 aromatic rings. The van der Waals surface area contributed by atoms with E-state index in [1.807, 2.05) is 45.1 Å². The van der Waals surface area contributed by atoms with Crippen LogP contribution in [0.1, 0.15) is 20.8 Å². The van der Waals surface area contributed by atoms with Gasteiger partial charge in [0.05, 0.1) is 12.6 Å². The first kappa shape index (κ1) is 11.9. The Morgan fingerprint density at radius 1 is 1.33 bits per heavy atom. The highest BCUT2D eigenvalue weighted by Crippen LogP contribution is 2.36. The van der Waals surface area contributed by atoms with E-state index in [4.69, 9.17) is 12.4 Å². The standard InChI is InChI=1S/C9H15BOS/c1-4-6-9(12-11,7-5-2)8(3)10/h4-8,11H,1-3H3. The van der Waals surface area contributed by atoms with E-state index in [9.17, 15) is 0 Å². The van der Waals surface area contributed by atoms with Gasteiger partial charge >= 0.3 is 0 Å². The summed E-state index contributed by atoms with van der Waals surface area (Å²) in [5, 5.41) is 0. The maximum atomic E-state index is 9.14. The van der Waals surface area contributed by atoms with E-state index in [-0.39, 0.29) is 5.82 Å². The van der Waals surface area contributed by atoms with Gasteiger partial charge in [-0.05, 0) is 13.8 Å². The van der Waals surface area contributed by atoms with Crippen LogP contribution < -0.4 is 0 Å². The fourth-order valence-corrected chi connectivity index (χ4v) is 1.58. The third-order valence-electron chi connectivity index (χ3n) is 1.72. The molecule has 0 aliphatic rings. The molecule has 0 heterocycles. The Balaban J connectivity index is 4.75. The summed E-state index contributed by atoms with van der Waals surface area (Å²) in [7, 11) is 5.77. The minimum absolute atomic E-state index is 0.111. The molecule has 12 heavy (non-hydrogen) atoms. The lowest BCUT2D eigenvalue weighted by atomic mass is 9.77. The Kier molecular flexibility index (Phi) is 5.43. The lowest BCUT2D eigenvalue weighted by Gasteiger charge is -2.28. The lowest BCUT2D eigenvalue weighted by Crippen LogP contribution is -2.23. The first-order valence-corrected chi connectivity index (χ1v) is 4.76. The molecule has 0 aliphatic carbocycles. The normalized spacial score (nSPS) is 20.0. The van der Waals surface area contributed by atoms with Crippen LogP contribution in [0.4, 0.5) is 0 Å². The van der Waals surface area contributed by atoms with Gasteiger partial charge in [-0.25, -0.2) is 0 Å². The van der Waals surface area contributed by atoms with Crippen LogP contribution in [0.3, 0.4) is 0 Å². The Labute approximate surface area is 80.6 Å². The van der Waals surface area contributed by atoms with Crippen LogP contribution in [0.5, 0.6) is 0 Å². The second-order valence-electron chi connectivity index (χ2n) is 2.73. The summed E-state index contributed by atoms with van der Waals surface area (Å²) in [6.45, 7) is 5.71. The smallest absolute Gasteiger partial charge is 0.0726 e. The van der Waals surface area contributed by atoms with Gasteiger partial charge in [0.15, 0.2) is 0 Å². The van der Waals surface area contributed by atoms with Gasteiger partial charge in [-0.15, -0.1) is 0 Å². The number of rotatable bonds is 4. The van der Waals surface area contributed by atoms with Crippen LogP contribution in [-0.2, 0) is 0 Å². The summed E-state index contributed by atoms with van der Waals surface area (Å²) in [6.07, 6.45) is 7.60. The molecule has 1 N–H and O–H groups in total. The van der Waals surface area contributed by atoms with E-state index in [0.29, 0.717) is 0 Å². The molecule has 0 bridgehead atoms. The number of hydrogen-bond acceptors (Lipinski definition) is 2. The van der Waals surface area contributed by atoms with Crippen LogP contribution in [0, 0.1) is 0 Å². The molecule has 3 heteroatoms. The molecular formula is C9H15BOS. The van der Waals surface area contributed by atoms with Crippen LogP contribution >= 0.6 is 12.0 Å². The molecule has 0 aliphatic heterocycles. The average Bonchev–Trinajstić information content (AvgIpc) is 2.03. The molecular weight excluding hydrogens is 167 g/mol. The van der Waals surface area contributed by atoms with Gasteiger partial charge in [0.1, 0.15) is 0 Å². The van der Waals surface area contributed by atoms with Crippen molar-refractivity contribution < 1.29 is 4.55 Å². The minimum atomic E-state index is -0.469. The van der Waals surface area contributed by atoms with Crippen molar-refractivity contribution in [3.8, 4) is 0 Å². The van der Waals surface area contributed by atoms with Crippen molar-refractivity contribution >= 4 is 19.9 Å². The second kappa shape index (κ2) is 5.49. The topological polar surface area (TPSA) is 20.2 Å². The largest absolute Gasteiger partial charge is 0.329 e. The predicted octanol–water partition coefficient (Wildman–Crippen LogP) is 3.06. The molecule has 0 fully saturated rings. The monoisotopic (exact) mass is 182 g/mol. The summed E-state index contributed by atoms with van der Waals surface area (Å²) in [5.74, 6) is -0.111. The van der Waals surface area contributed by atoms with E-state index < -0.39 is 4.75 Å². The van der Waals surface area contributed by atoms with E-state index in [1.165, 1.54) is 0 Å². The minimum Gasteiger partial charge on any atom is -0.329 e. The first-order chi connectivity index (χ1) is 5.63. The van der Waals surface area contributed by atoms with Gasteiger partial charge in [0, 0.05) is 12.0 Å². The summed E-state index contributed by atoms with van der Waals surface area (Å²) in [4.78, 5) is 0. The fraction of sp³-hybridized carbons (Fsp3) is 0.556. The Hall–Kier alpha value is -0.145. The fourth-order valence-electron chi connectivity index (χ4n) is 1.02. The third kappa shape index (κ3) is 2.72. The molecule has 0 amide bonds. The molecule has 1 unspecified atom stereocenters. The van der Waals surface area contributed by atoms with Gasteiger partial charge in [0.25, 0.3) is 0 Å². The van der Waals surface area contributed by atoms with Gasteiger partial charge in [0.2, 0.25) is 0 Å². The van der Waals surface area contributed by atoms with E-state index in [2.05, 4.69) is 0 Å². The molecule has 66 valence electrons. The van der Waals surface area contributed by atoms with Gasteiger partial charge < -0.3 is 4.55 Å². The SMILES string of the molecule is [B]C(C)C(C=CC)(C=CC)SO. The quantitative estimate of drug-likeness (QED) is 0.409. The van der Waals surface area contributed by atoms with Crippen molar-refractivity contribution in [1.29, 1.82) is 0 Å². The molecule has 0 aromatic heterocycles. The van der Waals surface area contributed by atoms with Crippen LogP contribution in [-0.4, -0.2) is 17.1 Å². The zero-order valence-electron chi connectivity index (χ0n) is 7.82. The van der Waals surface area contributed by atoms with Crippen molar-refractivity contribution in [2.24, 2.45) is 0 Å². The highest BCUT2D eigenvalue weighted by atomic mass is 32.2. The van der Waals surface area contributed by atoms with E-state index in [0.717, 1.165) is 12.0 Å². The van der Waals surface area contributed by atoms with Gasteiger partial charge in [-0.2, -0.15) is 0 Å². The second-order valence-corrected chi connectivity index (χ2v) is 3.62. The molecule has 1 atom stereocenters. The maximum absolute atomic E-state index is 9.14. The molecule has 0 saturated heterocycles. The number of allylic oxidation sites excluding steroid dienone is 2. The van der Waals surface area contributed by atoms with Crippen LogP contribution in [0.15, 0.2) is 24.3 Å². The van der Waals surface area contributed by atoms with Crippen molar-refractivity contribution in [1.82, 2.24) is 0 Å². The zero-order valence-corrected chi connectivity index (χ0v) is 8.64. The third-order valence-corrected chi connectivity index (χ3v) is 2.68. The maximum Gasteiger partial charge on any atom is 0.0726 e. The predicted molar refractivity (Wildman–Crippen MR) is 57.8 cm³/mol. The van der Waals surface area contributed by atoms with Crippen molar-refractivity contribution in [2.75, 3.05) is 0 Å². The Morgan fingerprint density at radius 3 is 1.92 bits per heavy atom. The summed E-state index contributed by atoms with van der Waals surface area (Å²) in [6, 6.07) is 0. The lowest BCUT2D eigenvalue weighted by molar-refractivity contribution is 0.634. The summed E-state index contributed by atoms with van der Waals surface area (Å²) >= 11 is 0.776. The molecule has 1 nitrogen and oxygen atoms in total. The first-order valence-electron chi connectivity index (χ1n) is 3.98. The van der Waals surface area contributed by atoms with Crippen LogP contribution in [0.2, 0.25) is 5.82 Å². The molecule has 0 rings (SSSR count). The highest BCUT2D eigenvalue weighted by molar-refractivity contribution is 7.95. The highest BCUT2D eigenvalue weighted by Gasteiger charge is 2.27. The molecule has 2 radical (unpaired) electrons. The van der Waals surface area contributed by atoms with E-state index in [1.54, 1.807) is 0 Å². The Morgan fingerprint density at radius 2 is 1.75 bits per heavy atom. The van der Waals surface area contributed by atoms with Gasteiger partial charge in [-0.1, -0.05) is 37.0 Å². The number of hydrogen-bond donors (Lipinski definition) is 1. The average molecular weight is 182 g/mol. The van der Waals surface area contributed by atoms with E-state index >= 15 is 0 Å². The van der Waals surface area contributed by atoms with Gasteiger partial charge in [-0.3, -0.25) is 0 Å². The van der Waals surface area contributed by atoms with Crippen molar-refractivity contribution in [3.05, 3.63) is 24.3 Å². The molecule has 0 saturated carbocycles. The van der Waals surface area contributed by atoms with Crippen molar-refractivity contribution in [2.45, 2.75) is 31.3 Å². The van der Waals surface area contributed by atoms with Crippen molar-refractivity contribution in [3.63, 3.8) is 0 Å². The molecule has 0 aromatic carbocycles. The van der Waals surface area contributed by atoms with Crippen LogP contribution in [0.25, 0.3) is 0 Å². The zero-order chi connectivity index (χ0) is 9.61.